The molecule has 0 fully saturated rings. The number of nitrogens with zero attached hydrogens (tertiary/aromatic N) is 2. The van der Waals surface area contributed by atoms with Gasteiger partial charge in [0.15, 0.2) is 9.84 Å². The summed E-state index contributed by atoms with van der Waals surface area (Å²) in [4.78, 5) is 12.0. The van der Waals surface area contributed by atoms with Crippen LogP contribution in [0.2, 0.25) is 0 Å². The summed E-state index contributed by atoms with van der Waals surface area (Å²) in [5, 5.41) is 11.5. The molecule has 2 aromatic rings. The fourth-order valence-electron chi connectivity index (χ4n) is 1.77. The smallest absolute Gasteiger partial charge is 0.241 e. The molecule has 0 radical (unpaired) electrons. The molecular weight excluding hydrogens is 322 g/mol. The Kier molecular flexibility index (Phi) is 5.62. The van der Waals surface area contributed by atoms with Crippen LogP contribution in [0.3, 0.4) is 0 Å². The van der Waals surface area contributed by atoms with E-state index < -0.39 is 21.5 Å². The van der Waals surface area contributed by atoms with Crippen molar-refractivity contribution in [2.24, 2.45) is 0 Å². The third-order valence-electron chi connectivity index (χ3n) is 2.88. The maximum absolute atomic E-state index is 12.1. The number of nitrogens with one attached hydrogen (secondary N) is 1. The Morgan fingerprint density at radius 3 is 2.64 bits per heavy atom. The van der Waals surface area contributed by atoms with Crippen molar-refractivity contribution < 1.29 is 13.2 Å². The van der Waals surface area contributed by atoms with E-state index in [9.17, 15) is 13.2 Å². The molecule has 22 heavy (non-hydrogen) atoms. The number of anilines is 1. The fourth-order valence-corrected chi connectivity index (χ4v) is 3.73. The van der Waals surface area contributed by atoms with E-state index in [2.05, 4.69) is 22.4 Å². The quantitative estimate of drug-likeness (QED) is 0.836. The number of amides is 1. The molecule has 0 bridgehead atoms. The second-order valence-corrected chi connectivity index (χ2v) is 7.78. The van der Waals surface area contributed by atoms with Gasteiger partial charge in [-0.1, -0.05) is 42.9 Å². The third-order valence-corrected chi connectivity index (χ3v) is 5.41. The Morgan fingerprint density at radius 2 is 1.95 bits per heavy atom. The number of rotatable bonds is 7. The molecule has 0 aliphatic heterocycles. The van der Waals surface area contributed by atoms with E-state index in [4.69, 9.17) is 0 Å². The van der Waals surface area contributed by atoms with Gasteiger partial charge in [-0.25, -0.2) is 8.42 Å². The molecule has 0 spiro atoms. The zero-order valence-corrected chi connectivity index (χ0v) is 13.8. The highest BCUT2D eigenvalue weighted by Gasteiger charge is 2.20. The number of carbonyl (C=O) groups excluding carboxylic acids is 1. The molecule has 1 aromatic carbocycles. The van der Waals surface area contributed by atoms with Crippen LogP contribution in [0.5, 0.6) is 0 Å². The molecule has 0 saturated carbocycles. The third kappa shape index (κ3) is 4.60. The molecule has 1 heterocycles. The van der Waals surface area contributed by atoms with Crippen molar-refractivity contribution in [1.29, 1.82) is 0 Å². The normalized spacial score (nSPS) is 11.3. The summed E-state index contributed by atoms with van der Waals surface area (Å²) in [6.07, 6.45) is 2.87. The average molecular weight is 339 g/mol. The zero-order valence-electron chi connectivity index (χ0n) is 12.2. The topological polar surface area (TPSA) is 89.0 Å². The summed E-state index contributed by atoms with van der Waals surface area (Å²) in [5.41, 5.74) is 0. The summed E-state index contributed by atoms with van der Waals surface area (Å²) in [5.74, 6) is -1.22. The first-order chi connectivity index (χ1) is 10.5. The first-order valence-corrected chi connectivity index (χ1v) is 9.38. The highest BCUT2D eigenvalue weighted by Crippen LogP contribution is 2.17. The maximum atomic E-state index is 12.1. The number of benzene rings is 1. The summed E-state index contributed by atoms with van der Waals surface area (Å²) in [6.45, 7) is 2.08. The zero-order chi connectivity index (χ0) is 16.0. The van der Waals surface area contributed by atoms with Gasteiger partial charge in [0, 0.05) is 6.42 Å². The van der Waals surface area contributed by atoms with Crippen molar-refractivity contribution in [2.45, 2.75) is 31.1 Å². The number of hydrogen-bond donors (Lipinski definition) is 1. The molecule has 0 aliphatic rings. The summed E-state index contributed by atoms with van der Waals surface area (Å²) in [6, 6.07) is 7.90. The minimum absolute atomic E-state index is 0.131. The number of aryl methyl sites for hydroxylation is 1. The molecule has 0 saturated heterocycles. The Morgan fingerprint density at radius 1 is 1.23 bits per heavy atom. The van der Waals surface area contributed by atoms with Crippen LogP contribution in [0, 0.1) is 0 Å². The van der Waals surface area contributed by atoms with E-state index in [0.717, 1.165) is 24.3 Å². The number of aromatic nitrogens is 2. The lowest BCUT2D eigenvalue weighted by molar-refractivity contribution is -0.113. The second kappa shape index (κ2) is 7.46. The van der Waals surface area contributed by atoms with Gasteiger partial charge >= 0.3 is 0 Å². The van der Waals surface area contributed by atoms with Gasteiger partial charge in [-0.2, -0.15) is 0 Å². The van der Waals surface area contributed by atoms with Crippen LogP contribution in [0.1, 0.15) is 24.8 Å². The highest BCUT2D eigenvalue weighted by atomic mass is 32.2. The summed E-state index contributed by atoms with van der Waals surface area (Å²) >= 11 is 1.27. The van der Waals surface area contributed by atoms with Crippen molar-refractivity contribution in [3.63, 3.8) is 0 Å². The predicted octanol–water partition coefficient (Wildman–Crippen LogP) is 2.29. The first kappa shape index (κ1) is 16.6. The number of unbranched alkanes of at least 4 members (excludes halogenated alkanes) is 1. The van der Waals surface area contributed by atoms with Crippen molar-refractivity contribution in [3.8, 4) is 0 Å². The van der Waals surface area contributed by atoms with E-state index in [1.807, 2.05) is 0 Å². The number of sulfone groups is 1. The van der Waals surface area contributed by atoms with E-state index in [-0.39, 0.29) is 4.90 Å². The van der Waals surface area contributed by atoms with E-state index in [1.54, 1.807) is 18.2 Å². The van der Waals surface area contributed by atoms with Crippen molar-refractivity contribution in [2.75, 3.05) is 11.1 Å². The molecular formula is C14H17N3O3S2. The predicted molar refractivity (Wildman–Crippen MR) is 85.6 cm³/mol. The Balaban J connectivity index is 1.97. The molecule has 1 amide bonds. The molecule has 1 aromatic heterocycles. The van der Waals surface area contributed by atoms with E-state index in [1.165, 1.54) is 23.5 Å². The van der Waals surface area contributed by atoms with E-state index in [0.29, 0.717) is 5.13 Å². The standard InChI is InChI=1S/C14H17N3O3S2/c1-2-3-9-13-16-17-14(21-13)15-12(18)10-22(19,20)11-7-5-4-6-8-11/h4-8H,2-3,9-10H2,1H3,(H,15,17,18). The van der Waals surface area contributed by atoms with Crippen LogP contribution in [0.15, 0.2) is 35.2 Å². The summed E-state index contributed by atoms with van der Waals surface area (Å²) in [7, 11) is -3.64. The van der Waals surface area contributed by atoms with Gasteiger partial charge in [-0.15, -0.1) is 10.2 Å². The SMILES string of the molecule is CCCCc1nnc(NC(=O)CS(=O)(=O)c2ccccc2)s1. The maximum Gasteiger partial charge on any atom is 0.241 e. The molecule has 0 aliphatic carbocycles. The highest BCUT2D eigenvalue weighted by molar-refractivity contribution is 7.92. The average Bonchev–Trinajstić information content (AvgIpc) is 2.92. The lowest BCUT2D eigenvalue weighted by Gasteiger charge is -2.03. The van der Waals surface area contributed by atoms with Crippen molar-refractivity contribution in [3.05, 3.63) is 35.3 Å². The van der Waals surface area contributed by atoms with Crippen LogP contribution in [0.25, 0.3) is 0 Å². The fraction of sp³-hybridized carbons (Fsp3) is 0.357. The lowest BCUT2D eigenvalue weighted by Crippen LogP contribution is -2.22. The van der Waals surface area contributed by atoms with Gasteiger partial charge in [0.1, 0.15) is 10.8 Å². The Labute approximate surface area is 133 Å². The minimum atomic E-state index is -3.64. The van der Waals surface area contributed by atoms with Crippen molar-refractivity contribution >= 4 is 32.2 Å². The van der Waals surface area contributed by atoms with Gasteiger partial charge in [0.2, 0.25) is 11.0 Å². The number of hydrogen-bond acceptors (Lipinski definition) is 6. The van der Waals surface area contributed by atoms with Gasteiger partial charge in [0.25, 0.3) is 0 Å². The molecule has 118 valence electrons. The molecule has 6 nitrogen and oxygen atoms in total. The van der Waals surface area contributed by atoms with Gasteiger partial charge in [-0.05, 0) is 18.6 Å². The van der Waals surface area contributed by atoms with Crippen LogP contribution in [-0.2, 0) is 21.1 Å². The van der Waals surface area contributed by atoms with Crippen LogP contribution < -0.4 is 5.32 Å². The first-order valence-electron chi connectivity index (χ1n) is 6.91. The van der Waals surface area contributed by atoms with Crippen LogP contribution in [-0.4, -0.2) is 30.3 Å². The molecule has 0 atom stereocenters. The number of carbonyl (C=O) groups is 1. The molecule has 8 heteroatoms. The van der Waals surface area contributed by atoms with Gasteiger partial charge in [-0.3, -0.25) is 10.1 Å². The Hall–Kier alpha value is -1.80. The van der Waals surface area contributed by atoms with Crippen LogP contribution in [0.4, 0.5) is 5.13 Å². The van der Waals surface area contributed by atoms with Crippen LogP contribution >= 0.6 is 11.3 Å². The van der Waals surface area contributed by atoms with Gasteiger partial charge < -0.3 is 0 Å². The minimum Gasteiger partial charge on any atom is -0.300 e. The Bertz CT molecular complexity index is 727. The molecule has 1 N–H and O–H groups in total. The lowest BCUT2D eigenvalue weighted by atomic mass is 10.3. The largest absolute Gasteiger partial charge is 0.300 e. The molecule has 0 unspecified atom stereocenters. The second-order valence-electron chi connectivity index (χ2n) is 4.72. The van der Waals surface area contributed by atoms with Gasteiger partial charge in [0.05, 0.1) is 4.90 Å². The van der Waals surface area contributed by atoms with Crippen molar-refractivity contribution in [1.82, 2.24) is 10.2 Å². The monoisotopic (exact) mass is 339 g/mol. The molecule has 2 rings (SSSR count). The summed E-state index contributed by atoms with van der Waals surface area (Å²) < 4.78 is 24.2. The van der Waals surface area contributed by atoms with E-state index >= 15 is 0 Å².